The molecular formula is C79H51NS2. The number of anilines is 3. The van der Waals surface area contributed by atoms with E-state index in [1.807, 2.05) is 22.7 Å². The molecule has 0 saturated heterocycles. The van der Waals surface area contributed by atoms with E-state index in [1.54, 1.807) is 0 Å². The molecule has 0 atom stereocenters. The quantitative estimate of drug-likeness (QED) is 0.132. The lowest BCUT2D eigenvalue weighted by Gasteiger charge is -2.34. The van der Waals surface area contributed by atoms with Gasteiger partial charge in [-0.1, -0.05) is 261 Å². The van der Waals surface area contributed by atoms with Gasteiger partial charge >= 0.3 is 0 Å². The van der Waals surface area contributed by atoms with Gasteiger partial charge < -0.3 is 4.90 Å². The monoisotopic (exact) mass is 1080 g/mol. The average molecular weight is 1080 g/mol. The van der Waals surface area contributed by atoms with Gasteiger partial charge in [0.05, 0.1) is 5.41 Å². The van der Waals surface area contributed by atoms with Crippen molar-refractivity contribution in [3.8, 4) is 66.8 Å². The third-order valence-electron chi connectivity index (χ3n) is 17.0. The Balaban J connectivity index is 0.839. The fraction of sp³-hybridized carbons (Fsp3) is 0.0127. The first-order chi connectivity index (χ1) is 40.7. The molecule has 0 unspecified atom stereocenters. The molecule has 2 aromatic heterocycles. The van der Waals surface area contributed by atoms with Crippen LogP contribution in [0.2, 0.25) is 0 Å². The molecular weight excluding hydrogens is 1030 g/mol. The van der Waals surface area contributed by atoms with Gasteiger partial charge in [-0.3, -0.25) is 0 Å². The van der Waals surface area contributed by atoms with Crippen molar-refractivity contribution in [2.24, 2.45) is 0 Å². The Bertz CT molecular complexity index is 4620. The maximum Gasteiger partial charge on any atom is 0.0713 e. The van der Waals surface area contributed by atoms with E-state index < -0.39 is 5.41 Å². The SMILES string of the molecule is c1ccc(-c2ccc(N(c3ccc(-c4ccccc4)cc3)c3ccc(-c4cccc5c4-c4ccccc4C5(c4ccc(-c5cccc6c5sc5ccccc56)cc4)c4ccc(-c5cccc6c5sc5ccccc56)cc4)cc3)cc2)cc1. The lowest BCUT2D eigenvalue weighted by molar-refractivity contribution is 0.769. The van der Waals surface area contributed by atoms with Gasteiger partial charge in [-0.05, 0) is 138 Å². The number of hydrogen-bond acceptors (Lipinski definition) is 3. The van der Waals surface area contributed by atoms with Gasteiger partial charge in [0, 0.05) is 57.4 Å². The zero-order valence-electron chi connectivity index (χ0n) is 44.7. The number of nitrogens with zero attached hydrogens (tertiary/aromatic N) is 1. The highest BCUT2D eigenvalue weighted by atomic mass is 32.1. The van der Waals surface area contributed by atoms with Crippen LogP contribution >= 0.6 is 22.7 Å². The highest BCUT2D eigenvalue weighted by Crippen LogP contribution is 2.59. The van der Waals surface area contributed by atoms with Crippen molar-refractivity contribution in [2.75, 3.05) is 4.90 Å². The zero-order valence-corrected chi connectivity index (χ0v) is 46.3. The second-order valence-corrected chi connectivity index (χ2v) is 23.6. The molecule has 0 saturated carbocycles. The van der Waals surface area contributed by atoms with Gasteiger partial charge in [-0.2, -0.15) is 0 Å². The smallest absolute Gasteiger partial charge is 0.0713 e. The minimum Gasteiger partial charge on any atom is -0.311 e. The molecule has 384 valence electrons. The summed E-state index contributed by atoms with van der Waals surface area (Å²) in [5, 5.41) is 5.26. The predicted octanol–water partition coefficient (Wildman–Crippen LogP) is 22.6. The van der Waals surface area contributed by atoms with Crippen LogP contribution in [-0.4, -0.2) is 0 Å². The van der Waals surface area contributed by atoms with Crippen LogP contribution in [0.1, 0.15) is 22.3 Å². The fourth-order valence-electron chi connectivity index (χ4n) is 13.2. The van der Waals surface area contributed by atoms with Crippen LogP contribution in [0, 0.1) is 0 Å². The highest BCUT2D eigenvalue weighted by molar-refractivity contribution is 7.26. The van der Waals surface area contributed by atoms with Crippen LogP contribution in [0.4, 0.5) is 17.1 Å². The minimum atomic E-state index is -0.624. The van der Waals surface area contributed by atoms with Crippen molar-refractivity contribution in [1.29, 1.82) is 0 Å². The van der Waals surface area contributed by atoms with Crippen LogP contribution < -0.4 is 4.90 Å². The molecule has 16 rings (SSSR count). The topological polar surface area (TPSA) is 3.24 Å². The second-order valence-electron chi connectivity index (χ2n) is 21.4. The summed E-state index contributed by atoms with van der Waals surface area (Å²) in [5.74, 6) is 0. The van der Waals surface area contributed by atoms with E-state index >= 15 is 0 Å². The average Bonchev–Trinajstić information content (AvgIpc) is 3.23. The third-order valence-corrected chi connectivity index (χ3v) is 19.5. The summed E-state index contributed by atoms with van der Waals surface area (Å²) in [7, 11) is 0. The summed E-state index contributed by atoms with van der Waals surface area (Å²) in [6.07, 6.45) is 0. The molecule has 15 aromatic rings. The van der Waals surface area contributed by atoms with E-state index in [1.165, 1.54) is 129 Å². The third kappa shape index (κ3) is 7.80. The van der Waals surface area contributed by atoms with Gasteiger partial charge in [0.25, 0.3) is 0 Å². The molecule has 0 fully saturated rings. The lowest BCUT2D eigenvalue weighted by Crippen LogP contribution is -2.28. The van der Waals surface area contributed by atoms with Gasteiger partial charge in [-0.15, -0.1) is 22.7 Å². The Morgan fingerprint density at radius 2 is 0.573 bits per heavy atom. The number of fused-ring (bicyclic) bond motifs is 9. The Hall–Kier alpha value is -9.90. The zero-order chi connectivity index (χ0) is 54.1. The van der Waals surface area contributed by atoms with Gasteiger partial charge in [0.15, 0.2) is 0 Å². The van der Waals surface area contributed by atoms with E-state index in [0.29, 0.717) is 0 Å². The minimum absolute atomic E-state index is 0.624. The summed E-state index contributed by atoms with van der Waals surface area (Å²) < 4.78 is 5.29. The molecule has 1 aliphatic carbocycles. The standard InChI is InChI=1S/C79H51NS2/c1-3-16-52(17-4-1)54-36-46-61(47-37-54)80(62-48-38-55(39-49-62)53-18-5-2-6-19-53)63-50-40-56(41-51-63)64-23-15-29-73-76(64)71-22-7-10-28-72(71)79(73,59-42-32-57(33-43-59)65-24-13-26-69-67-20-8-11-30-74(67)81-77(65)69)60-44-34-58(35-45-60)66-25-14-27-70-68-21-9-12-31-75(68)82-78(66)70/h1-51H. The van der Waals surface area contributed by atoms with Crippen molar-refractivity contribution in [2.45, 2.75) is 5.41 Å². The summed E-state index contributed by atoms with van der Waals surface area (Å²) in [4.78, 5) is 2.37. The van der Waals surface area contributed by atoms with Crippen LogP contribution in [0.15, 0.2) is 309 Å². The number of rotatable bonds is 10. The molecule has 3 heteroatoms. The van der Waals surface area contributed by atoms with Crippen molar-refractivity contribution >= 4 is 80.1 Å². The molecule has 0 bridgehead atoms. The first-order valence-electron chi connectivity index (χ1n) is 28.1. The first kappa shape index (κ1) is 48.0. The van der Waals surface area contributed by atoms with Crippen molar-refractivity contribution in [3.63, 3.8) is 0 Å². The van der Waals surface area contributed by atoms with Crippen molar-refractivity contribution in [1.82, 2.24) is 0 Å². The molecule has 2 heterocycles. The number of benzene rings is 13. The molecule has 0 radical (unpaired) electrons. The molecule has 0 spiro atoms. The van der Waals surface area contributed by atoms with Crippen LogP contribution in [-0.2, 0) is 5.41 Å². The van der Waals surface area contributed by atoms with E-state index in [-0.39, 0.29) is 0 Å². The molecule has 1 aliphatic rings. The molecule has 82 heavy (non-hydrogen) atoms. The first-order valence-corrected chi connectivity index (χ1v) is 29.8. The Labute approximate surface area is 485 Å². The second kappa shape index (κ2) is 19.7. The molecule has 1 nitrogen and oxygen atoms in total. The van der Waals surface area contributed by atoms with E-state index in [2.05, 4.69) is 314 Å². The maximum atomic E-state index is 2.41. The van der Waals surface area contributed by atoms with E-state index in [9.17, 15) is 0 Å². The summed E-state index contributed by atoms with van der Waals surface area (Å²) >= 11 is 3.78. The predicted molar refractivity (Wildman–Crippen MR) is 351 cm³/mol. The Morgan fingerprint density at radius 3 is 1.07 bits per heavy atom. The summed E-state index contributed by atoms with van der Waals surface area (Å²) in [6.45, 7) is 0. The van der Waals surface area contributed by atoms with Crippen LogP contribution in [0.5, 0.6) is 0 Å². The van der Waals surface area contributed by atoms with E-state index in [0.717, 1.165) is 17.1 Å². The summed E-state index contributed by atoms with van der Waals surface area (Å²) in [5.41, 5.74) is 22.4. The molecule has 0 aliphatic heterocycles. The molecule has 13 aromatic carbocycles. The van der Waals surface area contributed by atoms with E-state index in [4.69, 9.17) is 0 Å². The molecule has 0 amide bonds. The highest BCUT2D eigenvalue weighted by Gasteiger charge is 2.47. The lowest BCUT2D eigenvalue weighted by atomic mass is 9.67. The van der Waals surface area contributed by atoms with Gasteiger partial charge in [-0.25, -0.2) is 0 Å². The molecule has 0 N–H and O–H groups in total. The van der Waals surface area contributed by atoms with Gasteiger partial charge in [0.1, 0.15) is 0 Å². The number of thiophene rings is 2. The van der Waals surface area contributed by atoms with Crippen LogP contribution in [0.25, 0.3) is 107 Å². The van der Waals surface area contributed by atoms with Crippen LogP contribution in [0.3, 0.4) is 0 Å². The summed E-state index contributed by atoms with van der Waals surface area (Å²) in [6, 6.07) is 115. The Morgan fingerprint density at radius 1 is 0.232 bits per heavy atom. The maximum absolute atomic E-state index is 2.41. The fourth-order valence-corrected chi connectivity index (χ4v) is 15.7. The van der Waals surface area contributed by atoms with Gasteiger partial charge in [0.2, 0.25) is 0 Å². The largest absolute Gasteiger partial charge is 0.311 e. The van der Waals surface area contributed by atoms with Crippen molar-refractivity contribution in [3.05, 3.63) is 332 Å². The number of hydrogen-bond donors (Lipinski definition) is 0. The Kier molecular flexibility index (Phi) is 11.6. The normalized spacial score (nSPS) is 12.5. The van der Waals surface area contributed by atoms with Crippen molar-refractivity contribution < 1.29 is 0 Å².